The van der Waals surface area contributed by atoms with Gasteiger partial charge in [-0.05, 0) is 150 Å². The highest BCUT2D eigenvalue weighted by molar-refractivity contribution is 9.10. The molecule has 1 aliphatic rings. The Balaban J connectivity index is 1.40. The molecule has 0 unspecified atom stereocenters. The maximum atomic E-state index is 13.1. The minimum absolute atomic E-state index is 0.0425. The highest BCUT2D eigenvalue weighted by Gasteiger charge is 2.37. The van der Waals surface area contributed by atoms with Crippen molar-refractivity contribution in [3.05, 3.63) is 212 Å². The number of rotatable bonds is 12. The van der Waals surface area contributed by atoms with Crippen LogP contribution in [0.3, 0.4) is 0 Å². The molecule has 0 atom stereocenters. The van der Waals surface area contributed by atoms with Crippen LogP contribution in [-0.2, 0) is 19.2 Å². The number of fused-ring (bicyclic) bond motifs is 8. The minimum atomic E-state index is -1.26. The fourth-order valence-corrected chi connectivity index (χ4v) is 10.6. The number of phenolic OH excluding ortho intramolecular Hbond substituents is 8. The lowest BCUT2D eigenvalue weighted by molar-refractivity contribution is -0.136. The quantitative estimate of drug-likeness (QED) is 0.0321. The zero-order valence-electron chi connectivity index (χ0n) is 48.5. The molecule has 9 rings (SSSR count). The second-order valence-electron chi connectivity index (χ2n) is 23.3. The summed E-state index contributed by atoms with van der Waals surface area (Å²) in [4.78, 5) is 52.4. The Morgan fingerprint density at radius 2 is 0.409 bits per heavy atom. The molecule has 0 heterocycles. The number of carbonyl (C=O) groups is 4. The number of alkyl halides is 4. The normalized spacial score (nSPS) is 16.0. The number of carbonyl (C=O) groups excluding carboxylic acids is 4. The zero-order valence-corrected chi connectivity index (χ0v) is 54.9. The summed E-state index contributed by atoms with van der Waals surface area (Å²) in [6.07, 6.45) is 0. The Bertz CT molecular complexity index is 3400. The van der Waals surface area contributed by atoms with Crippen molar-refractivity contribution < 1.29 is 79.0 Å². The molecule has 0 saturated heterocycles. The summed E-state index contributed by atoms with van der Waals surface area (Å²) in [5.74, 6) is -10.8. The molecule has 8 bridgehead atoms. The van der Waals surface area contributed by atoms with E-state index in [1.807, 2.05) is 0 Å². The smallest absolute Gasteiger partial charge is 0.327 e. The van der Waals surface area contributed by atoms with E-state index in [9.17, 15) is 60.0 Å². The van der Waals surface area contributed by atoms with E-state index in [0.717, 1.165) is 24.3 Å². The molecule has 8 aromatic carbocycles. The van der Waals surface area contributed by atoms with Crippen molar-refractivity contribution in [1.29, 1.82) is 0 Å². The van der Waals surface area contributed by atoms with Crippen LogP contribution in [0.2, 0.25) is 0 Å². The molecule has 16 nitrogen and oxygen atoms in total. The Morgan fingerprint density at radius 1 is 0.273 bits per heavy atom. The van der Waals surface area contributed by atoms with E-state index in [1.165, 1.54) is 72.8 Å². The number of halogens is 4. The van der Waals surface area contributed by atoms with Crippen LogP contribution in [0.5, 0.6) is 69.0 Å². The van der Waals surface area contributed by atoms with E-state index in [-0.39, 0.29) is 67.5 Å². The van der Waals surface area contributed by atoms with Crippen LogP contribution in [0.15, 0.2) is 146 Å². The van der Waals surface area contributed by atoms with E-state index in [0.29, 0.717) is 22.3 Å². The molecular weight excluding hydrogens is 1390 g/mol. The molecule has 8 N–H and O–H groups in total. The third kappa shape index (κ3) is 13.6. The highest BCUT2D eigenvalue weighted by Crippen LogP contribution is 2.54. The molecule has 88 heavy (non-hydrogen) atoms. The first-order valence-electron chi connectivity index (χ1n) is 27.4. The van der Waals surface area contributed by atoms with Gasteiger partial charge in [-0.3, -0.25) is 19.2 Å². The predicted octanol–water partition coefficient (Wildman–Crippen LogP) is 14.7. The first kappa shape index (κ1) is 64.4. The van der Waals surface area contributed by atoms with Crippen molar-refractivity contribution in [3.8, 4) is 69.0 Å². The van der Waals surface area contributed by atoms with Gasteiger partial charge in [-0.2, -0.15) is 0 Å². The van der Waals surface area contributed by atoms with Gasteiger partial charge in [0.2, 0.25) is 0 Å². The molecule has 0 aliphatic heterocycles. The van der Waals surface area contributed by atoms with Crippen LogP contribution >= 0.6 is 63.7 Å². The summed E-state index contributed by atoms with van der Waals surface area (Å²) in [7, 11) is 0. The summed E-state index contributed by atoms with van der Waals surface area (Å²) >= 11 is 13.3. The third-order valence-electron chi connectivity index (χ3n) is 14.8. The average Bonchev–Trinajstić information content (AvgIpc) is 0.838. The number of aromatic hydroxyl groups is 8. The number of hydrogen-bond acceptors (Lipinski definition) is 16. The van der Waals surface area contributed by atoms with E-state index < -0.39 is 111 Å². The summed E-state index contributed by atoms with van der Waals surface area (Å²) in [6, 6.07) is 35.1. The molecule has 0 spiro atoms. The Labute approximate surface area is 540 Å². The fourth-order valence-electron chi connectivity index (χ4n) is 10.2. The molecule has 20 heteroatoms. The molecule has 0 fully saturated rings. The van der Waals surface area contributed by atoms with Gasteiger partial charge in [-0.1, -0.05) is 112 Å². The molecule has 0 radical (unpaired) electrons. The van der Waals surface area contributed by atoms with Gasteiger partial charge < -0.3 is 59.8 Å². The lowest BCUT2D eigenvalue weighted by atomic mass is 9.75. The second-order valence-corrected chi connectivity index (χ2v) is 31.3. The minimum Gasteiger partial charge on any atom is -0.507 e. The summed E-state index contributed by atoms with van der Waals surface area (Å²) in [5, 5.41) is 98.8. The van der Waals surface area contributed by atoms with Gasteiger partial charge in [-0.25, -0.2) is 0 Å². The monoisotopic (exact) mass is 1450 g/mol. The number of hydrogen-bond donors (Lipinski definition) is 8. The summed E-state index contributed by atoms with van der Waals surface area (Å²) in [6.45, 7) is 12.9. The topological polar surface area (TPSA) is 267 Å². The number of phenols is 8. The third-order valence-corrected chi connectivity index (χ3v) is 16.1. The molecule has 0 amide bonds. The van der Waals surface area contributed by atoms with Crippen LogP contribution in [0.4, 0.5) is 0 Å². The van der Waals surface area contributed by atoms with Crippen molar-refractivity contribution in [1.82, 2.24) is 0 Å². The second kappa shape index (κ2) is 24.5. The number of benzene rings is 8. The maximum absolute atomic E-state index is 13.1. The molecule has 8 aromatic rings. The molecular formula is C68H60Br4O16. The summed E-state index contributed by atoms with van der Waals surface area (Å²) in [5.41, 5.74) is 1.77. The predicted molar refractivity (Wildman–Crippen MR) is 343 cm³/mol. The van der Waals surface area contributed by atoms with Crippen molar-refractivity contribution in [2.24, 2.45) is 0 Å². The van der Waals surface area contributed by atoms with E-state index in [2.05, 4.69) is 63.7 Å². The van der Waals surface area contributed by atoms with Crippen molar-refractivity contribution in [3.63, 3.8) is 0 Å². The number of esters is 4. The first-order chi connectivity index (χ1) is 41.1. The van der Waals surface area contributed by atoms with E-state index in [4.69, 9.17) is 18.9 Å². The average molecular weight is 1450 g/mol. The van der Waals surface area contributed by atoms with Gasteiger partial charge in [0, 0.05) is 92.4 Å². The van der Waals surface area contributed by atoms with E-state index >= 15 is 0 Å². The van der Waals surface area contributed by atoms with Gasteiger partial charge in [0.05, 0.1) is 0 Å². The standard InChI is InChI=1S/C68H60Br4O16/c1-65(2,69)61(81)85-37-17-9-33(10-18-37)57-41-25-43(51(75)29-49(41)73)58(34-11-19-38(20-12-34)86-62(82)66(3,4)70)45-27-47(55(79)31-53(45)77)60(36-15-23-40(24-16-36)88-64(84)68(7,8)72)48-28-46(54(78)32-56(48)80)59(44-26-42(57)50(74)30-52(44)76)35-13-21-39(22-14-35)87-63(83)67(5,6)71/h9-32,57-60,73-80H,1-8H3. The van der Waals surface area contributed by atoms with Crippen LogP contribution < -0.4 is 18.9 Å². The lowest BCUT2D eigenvalue weighted by Crippen LogP contribution is -2.29. The number of ether oxygens (including phenoxy) is 4. The van der Waals surface area contributed by atoms with Crippen LogP contribution in [-0.4, -0.2) is 82.0 Å². The molecule has 0 aromatic heterocycles. The van der Waals surface area contributed by atoms with Gasteiger partial charge in [-0.15, -0.1) is 0 Å². The summed E-state index contributed by atoms with van der Waals surface area (Å²) < 4.78 is 18.5. The van der Waals surface area contributed by atoms with Crippen LogP contribution in [0.1, 0.15) is 146 Å². The van der Waals surface area contributed by atoms with Crippen LogP contribution in [0, 0.1) is 0 Å². The van der Waals surface area contributed by atoms with Gasteiger partial charge >= 0.3 is 23.9 Å². The van der Waals surface area contributed by atoms with Crippen LogP contribution in [0.25, 0.3) is 0 Å². The van der Waals surface area contributed by atoms with E-state index in [1.54, 1.807) is 104 Å². The molecule has 1 aliphatic carbocycles. The van der Waals surface area contributed by atoms with Crippen molar-refractivity contribution in [2.45, 2.75) is 96.4 Å². The lowest BCUT2D eigenvalue weighted by Gasteiger charge is -2.30. The fraction of sp³-hybridized carbons (Fsp3) is 0.235. The van der Waals surface area contributed by atoms with Gasteiger partial charge in [0.25, 0.3) is 0 Å². The van der Waals surface area contributed by atoms with Gasteiger partial charge in [0.15, 0.2) is 0 Å². The Kier molecular flexibility index (Phi) is 17.9. The zero-order chi connectivity index (χ0) is 64.3. The molecule has 456 valence electrons. The molecule has 0 saturated carbocycles. The SMILES string of the molecule is CC(C)(Br)C(=O)Oc1ccc(C2c3cc(c(O)cc3O)C(c3ccc(OC(=O)C(C)(C)Br)cc3)c3cc(c(O)cc3O)C(c3ccc(OC(=O)C(C)(C)Br)cc3)c3cc(c(O)cc3O)C(c3ccc(OC(=O)C(C)(C)Br)cc3)c3cc2c(O)cc3O)cc1. The maximum Gasteiger partial charge on any atom is 0.327 e. The Hall–Kier alpha value is -8.04. The van der Waals surface area contributed by atoms with Crippen molar-refractivity contribution in [2.75, 3.05) is 0 Å². The largest absolute Gasteiger partial charge is 0.507 e. The Morgan fingerprint density at radius 3 is 0.534 bits per heavy atom. The first-order valence-corrected chi connectivity index (χ1v) is 30.5. The van der Waals surface area contributed by atoms with Gasteiger partial charge in [0.1, 0.15) is 86.3 Å². The highest BCUT2D eigenvalue weighted by atomic mass is 79.9. The van der Waals surface area contributed by atoms with Crippen molar-refractivity contribution >= 4 is 87.6 Å².